The lowest BCUT2D eigenvalue weighted by molar-refractivity contribution is -0.136. The number of carbonyl (C=O) groups is 3. The Morgan fingerprint density at radius 1 is 1.29 bits per heavy atom. The zero-order chi connectivity index (χ0) is 22.6. The molecule has 2 saturated carbocycles. The lowest BCUT2D eigenvalue weighted by Gasteiger charge is -2.24. The van der Waals surface area contributed by atoms with Gasteiger partial charge in [0.1, 0.15) is 22.4 Å². The molecule has 0 radical (unpaired) electrons. The maximum Gasteiger partial charge on any atom is 0.408 e. The van der Waals surface area contributed by atoms with E-state index >= 15 is 0 Å². The minimum Gasteiger partial charge on any atom is -0.465 e. The summed E-state index contributed by atoms with van der Waals surface area (Å²) in [5, 5.41) is 14.9. The molecular formula is C20H23BrF2N4O4. The summed E-state index contributed by atoms with van der Waals surface area (Å²) in [5.41, 5.74) is 0.116. The van der Waals surface area contributed by atoms with Crippen LogP contribution in [-0.2, 0) is 9.59 Å². The van der Waals surface area contributed by atoms with E-state index in [9.17, 15) is 28.3 Å². The van der Waals surface area contributed by atoms with Crippen LogP contribution in [0.2, 0.25) is 0 Å². The summed E-state index contributed by atoms with van der Waals surface area (Å²) < 4.78 is 28.2. The molecule has 0 aromatic carbocycles. The Bertz CT molecular complexity index is 946. The van der Waals surface area contributed by atoms with E-state index in [1.165, 1.54) is 0 Å². The third-order valence-corrected chi connectivity index (χ3v) is 7.13. The fraction of sp³-hybridized carbons (Fsp3) is 0.600. The molecule has 8 nitrogen and oxygen atoms in total. The first kappa shape index (κ1) is 21.9. The van der Waals surface area contributed by atoms with Crippen LogP contribution in [0.3, 0.4) is 0 Å². The van der Waals surface area contributed by atoms with Crippen molar-refractivity contribution in [1.29, 1.82) is 0 Å². The second kappa shape index (κ2) is 7.68. The Morgan fingerprint density at radius 2 is 2.03 bits per heavy atom. The van der Waals surface area contributed by atoms with E-state index in [2.05, 4.69) is 31.5 Å². The van der Waals surface area contributed by atoms with Crippen molar-refractivity contribution in [2.24, 2.45) is 11.3 Å². The summed E-state index contributed by atoms with van der Waals surface area (Å²) in [7, 11) is 0. The zero-order valence-electron chi connectivity index (χ0n) is 16.8. The summed E-state index contributed by atoms with van der Waals surface area (Å²) >= 11 is 3.24. The largest absolute Gasteiger partial charge is 0.465 e. The highest BCUT2D eigenvalue weighted by Gasteiger charge is 2.67. The average Bonchev–Trinajstić information content (AvgIpc) is 3.10. The molecule has 1 aromatic heterocycles. The standard InChI is InChI=1S/C20H23BrF2N4O4/c1-10-4-5-14(21)25-15(10)26-17(29)12-7-19(8-13(19)27(12)18(30)31)9-24-16(28)11-3-2-6-20(11,22)23/h4-5,11-13H,2-3,6-9H2,1H3,(H,24,28)(H,30,31)(H,25,26,29). The zero-order valence-corrected chi connectivity index (χ0v) is 18.4. The minimum absolute atomic E-state index is 0.0742. The number of rotatable bonds is 5. The predicted molar refractivity (Wildman–Crippen MR) is 110 cm³/mol. The summed E-state index contributed by atoms with van der Waals surface area (Å²) in [6.07, 6.45) is -0.380. The number of pyridine rings is 1. The first-order valence-corrected chi connectivity index (χ1v) is 10.9. The molecule has 168 valence electrons. The fourth-order valence-electron chi connectivity index (χ4n) is 4.86. The maximum absolute atomic E-state index is 13.9. The molecule has 0 spiro atoms. The molecule has 4 atom stereocenters. The number of anilines is 1. The summed E-state index contributed by atoms with van der Waals surface area (Å²) in [4.78, 5) is 42.3. The van der Waals surface area contributed by atoms with Gasteiger partial charge in [-0.2, -0.15) is 0 Å². The van der Waals surface area contributed by atoms with Crippen molar-refractivity contribution < 1.29 is 28.3 Å². The molecular weight excluding hydrogens is 478 g/mol. The van der Waals surface area contributed by atoms with E-state index in [0.29, 0.717) is 23.3 Å². The molecule has 1 aliphatic heterocycles. The molecule has 3 fully saturated rings. The van der Waals surface area contributed by atoms with Crippen molar-refractivity contribution in [3.05, 3.63) is 22.3 Å². The van der Waals surface area contributed by atoms with Crippen LogP contribution in [0, 0.1) is 18.3 Å². The van der Waals surface area contributed by atoms with Crippen LogP contribution in [0.15, 0.2) is 16.7 Å². The van der Waals surface area contributed by atoms with Gasteiger partial charge in [0.15, 0.2) is 0 Å². The van der Waals surface area contributed by atoms with Gasteiger partial charge < -0.3 is 15.7 Å². The molecule has 31 heavy (non-hydrogen) atoms. The first-order chi connectivity index (χ1) is 14.5. The maximum atomic E-state index is 13.9. The van der Waals surface area contributed by atoms with Crippen LogP contribution < -0.4 is 10.6 Å². The van der Waals surface area contributed by atoms with Crippen LogP contribution in [0.5, 0.6) is 0 Å². The molecule has 2 aliphatic carbocycles. The van der Waals surface area contributed by atoms with Crippen LogP contribution in [0.25, 0.3) is 0 Å². The molecule has 2 heterocycles. The van der Waals surface area contributed by atoms with E-state index in [4.69, 9.17) is 0 Å². The van der Waals surface area contributed by atoms with Crippen LogP contribution in [0.4, 0.5) is 19.4 Å². The van der Waals surface area contributed by atoms with Gasteiger partial charge in [0, 0.05) is 24.4 Å². The number of amides is 3. The number of carbonyl (C=O) groups excluding carboxylic acids is 2. The Balaban J connectivity index is 1.44. The number of halogens is 3. The number of alkyl halides is 2. The molecule has 11 heteroatoms. The highest BCUT2D eigenvalue weighted by atomic mass is 79.9. The third-order valence-electron chi connectivity index (χ3n) is 6.69. The summed E-state index contributed by atoms with van der Waals surface area (Å²) in [5.74, 6) is -5.23. The molecule has 0 bridgehead atoms. The van der Waals surface area contributed by atoms with Crippen molar-refractivity contribution in [3.63, 3.8) is 0 Å². The third kappa shape index (κ3) is 3.99. The van der Waals surface area contributed by atoms with Gasteiger partial charge >= 0.3 is 6.09 Å². The monoisotopic (exact) mass is 500 g/mol. The Labute approximate surface area is 185 Å². The van der Waals surface area contributed by atoms with Crippen LogP contribution in [0.1, 0.15) is 37.7 Å². The fourth-order valence-corrected chi connectivity index (χ4v) is 5.16. The van der Waals surface area contributed by atoms with Crippen LogP contribution in [-0.4, -0.2) is 57.4 Å². The minimum atomic E-state index is -3.01. The van der Waals surface area contributed by atoms with Gasteiger partial charge in [-0.15, -0.1) is 0 Å². The van der Waals surface area contributed by atoms with E-state index in [0.717, 1.165) is 10.5 Å². The number of piperidine rings is 1. The number of carboxylic acid groups (broad SMARTS) is 1. The van der Waals surface area contributed by atoms with Gasteiger partial charge in [0.05, 0.1) is 0 Å². The van der Waals surface area contributed by atoms with Crippen molar-refractivity contribution in [3.8, 4) is 0 Å². The molecule has 1 aromatic rings. The smallest absolute Gasteiger partial charge is 0.408 e. The Hall–Kier alpha value is -2.30. The van der Waals surface area contributed by atoms with Crippen LogP contribution >= 0.6 is 15.9 Å². The molecule has 4 unspecified atom stereocenters. The molecule has 3 N–H and O–H groups in total. The van der Waals surface area contributed by atoms with E-state index in [-0.39, 0.29) is 25.8 Å². The Kier molecular flexibility index (Phi) is 5.43. The summed E-state index contributed by atoms with van der Waals surface area (Å²) in [6.45, 7) is 1.84. The molecule has 3 aliphatic rings. The van der Waals surface area contributed by atoms with E-state index < -0.39 is 47.2 Å². The average molecular weight is 501 g/mol. The van der Waals surface area contributed by atoms with Crippen molar-refractivity contribution in [2.75, 3.05) is 11.9 Å². The first-order valence-electron chi connectivity index (χ1n) is 10.1. The van der Waals surface area contributed by atoms with Crippen molar-refractivity contribution in [2.45, 2.75) is 57.0 Å². The SMILES string of the molecule is Cc1ccc(Br)nc1NC(=O)C1CC2(CNC(=O)C3CCCC3(F)F)CC2N1C(=O)O. The second-order valence-corrected chi connectivity index (χ2v) is 9.52. The molecule has 4 rings (SSSR count). The Morgan fingerprint density at radius 3 is 2.68 bits per heavy atom. The highest BCUT2D eigenvalue weighted by Crippen LogP contribution is 2.59. The lowest BCUT2D eigenvalue weighted by Crippen LogP contribution is -2.45. The second-order valence-electron chi connectivity index (χ2n) is 8.70. The number of nitrogens with one attached hydrogen (secondary N) is 2. The number of hydrogen-bond donors (Lipinski definition) is 3. The van der Waals surface area contributed by atoms with E-state index in [1.807, 2.05) is 0 Å². The lowest BCUT2D eigenvalue weighted by atomic mass is 9.98. The number of likely N-dealkylation sites (tertiary alicyclic amines) is 1. The number of nitrogens with zero attached hydrogens (tertiary/aromatic N) is 2. The number of fused-ring (bicyclic) bond motifs is 1. The number of aromatic nitrogens is 1. The topological polar surface area (TPSA) is 112 Å². The van der Waals surface area contributed by atoms with Gasteiger partial charge in [-0.3, -0.25) is 14.5 Å². The molecule has 3 amide bonds. The van der Waals surface area contributed by atoms with Gasteiger partial charge in [0.25, 0.3) is 5.92 Å². The van der Waals surface area contributed by atoms with E-state index in [1.54, 1.807) is 19.1 Å². The summed E-state index contributed by atoms with van der Waals surface area (Å²) in [6, 6.07) is 2.12. The predicted octanol–water partition coefficient (Wildman–Crippen LogP) is 3.15. The number of aryl methyl sites for hydroxylation is 1. The van der Waals surface area contributed by atoms with Gasteiger partial charge in [-0.25, -0.2) is 18.6 Å². The quantitative estimate of drug-likeness (QED) is 0.537. The highest BCUT2D eigenvalue weighted by molar-refractivity contribution is 9.10. The molecule has 1 saturated heterocycles. The van der Waals surface area contributed by atoms with Gasteiger partial charge in [-0.05, 0) is 60.2 Å². The van der Waals surface area contributed by atoms with Crippen molar-refractivity contribution >= 4 is 39.7 Å². The normalized spacial score (nSPS) is 30.6. The van der Waals surface area contributed by atoms with Gasteiger partial charge in [-0.1, -0.05) is 6.07 Å². The number of hydrogen-bond acceptors (Lipinski definition) is 4. The van der Waals surface area contributed by atoms with Crippen molar-refractivity contribution in [1.82, 2.24) is 15.2 Å². The van der Waals surface area contributed by atoms with Gasteiger partial charge in [0.2, 0.25) is 11.8 Å².